The van der Waals surface area contributed by atoms with Gasteiger partial charge in [0, 0.05) is 20.2 Å². The van der Waals surface area contributed by atoms with Gasteiger partial charge in [-0.25, -0.2) is 0 Å². The van der Waals surface area contributed by atoms with Crippen molar-refractivity contribution in [3.05, 3.63) is 35.4 Å². The predicted octanol–water partition coefficient (Wildman–Crippen LogP) is 2.30. The molecule has 0 spiro atoms. The van der Waals surface area contributed by atoms with Gasteiger partial charge in [0.1, 0.15) is 0 Å². The van der Waals surface area contributed by atoms with Gasteiger partial charge in [-0.3, -0.25) is 4.79 Å². The lowest BCUT2D eigenvalue weighted by atomic mass is 9.86. The molecule has 0 radical (unpaired) electrons. The second-order valence-electron chi connectivity index (χ2n) is 6.22. The van der Waals surface area contributed by atoms with E-state index in [1.165, 1.54) is 11.1 Å². The van der Waals surface area contributed by atoms with Crippen molar-refractivity contribution in [2.24, 2.45) is 0 Å². The Hall–Kier alpha value is -1.10. The van der Waals surface area contributed by atoms with Crippen molar-refractivity contribution >= 4 is 18.3 Å². The van der Waals surface area contributed by atoms with Gasteiger partial charge in [-0.2, -0.15) is 0 Å². The molecule has 126 valence electrons. The number of carbonyl (C=O) groups excluding carboxylic acids is 1. The molecule has 0 saturated heterocycles. The van der Waals surface area contributed by atoms with Gasteiger partial charge in [-0.05, 0) is 23.0 Å². The molecule has 0 aromatic heterocycles. The minimum absolute atomic E-state index is 0. The van der Waals surface area contributed by atoms with Crippen molar-refractivity contribution in [1.82, 2.24) is 10.6 Å². The molecule has 0 unspecified atom stereocenters. The summed E-state index contributed by atoms with van der Waals surface area (Å²) in [5, 5.41) is 5.93. The SMILES string of the molecule is COCCNCC(=O)NCCc1ccc(C(C)(C)C)cc1.Cl. The van der Waals surface area contributed by atoms with E-state index in [-0.39, 0.29) is 23.7 Å². The summed E-state index contributed by atoms with van der Waals surface area (Å²) in [5.41, 5.74) is 2.76. The monoisotopic (exact) mass is 328 g/mol. The van der Waals surface area contributed by atoms with Crippen molar-refractivity contribution in [3.63, 3.8) is 0 Å². The largest absolute Gasteiger partial charge is 0.383 e. The van der Waals surface area contributed by atoms with E-state index in [4.69, 9.17) is 4.74 Å². The van der Waals surface area contributed by atoms with E-state index >= 15 is 0 Å². The third kappa shape index (κ3) is 8.37. The molecule has 0 bridgehead atoms. The van der Waals surface area contributed by atoms with E-state index in [2.05, 4.69) is 55.7 Å². The first-order valence-electron chi connectivity index (χ1n) is 7.49. The van der Waals surface area contributed by atoms with Crippen molar-refractivity contribution in [1.29, 1.82) is 0 Å². The zero-order valence-corrected chi connectivity index (χ0v) is 14.9. The second-order valence-corrected chi connectivity index (χ2v) is 6.22. The Morgan fingerprint density at radius 1 is 1.14 bits per heavy atom. The highest BCUT2D eigenvalue weighted by molar-refractivity contribution is 5.85. The third-order valence-corrected chi connectivity index (χ3v) is 3.32. The van der Waals surface area contributed by atoms with Crippen LogP contribution in [0.25, 0.3) is 0 Å². The number of halogens is 1. The quantitative estimate of drug-likeness (QED) is 0.720. The zero-order chi connectivity index (χ0) is 15.7. The molecular weight excluding hydrogens is 300 g/mol. The minimum atomic E-state index is 0. The average Bonchev–Trinajstić information content (AvgIpc) is 2.43. The van der Waals surface area contributed by atoms with Crippen LogP contribution < -0.4 is 10.6 Å². The summed E-state index contributed by atoms with van der Waals surface area (Å²) in [6, 6.07) is 8.63. The Morgan fingerprint density at radius 3 is 2.32 bits per heavy atom. The van der Waals surface area contributed by atoms with Crippen LogP contribution in [0.15, 0.2) is 24.3 Å². The Kier molecular flexibility index (Phi) is 10.1. The van der Waals surface area contributed by atoms with Crippen LogP contribution in [0, 0.1) is 0 Å². The summed E-state index contributed by atoms with van der Waals surface area (Å²) in [7, 11) is 1.65. The smallest absolute Gasteiger partial charge is 0.233 e. The first-order chi connectivity index (χ1) is 9.93. The van der Waals surface area contributed by atoms with Crippen molar-refractivity contribution in [3.8, 4) is 0 Å². The van der Waals surface area contributed by atoms with Crippen LogP contribution in [0.2, 0.25) is 0 Å². The van der Waals surface area contributed by atoms with Crippen LogP contribution in [0.4, 0.5) is 0 Å². The second kappa shape index (κ2) is 10.6. The number of ether oxygens (including phenoxy) is 1. The van der Waals surface area contributed by atoms with Crippen molar-refractivity contribution < 1.29 is 9.53 Å². The zero-order valence-electron chi connectivity index (χ0n) is 14.1. The van der Waals surface area contributed by atoms with Gasteiger partial charge in [-0.15, -0.1) is 12.4 Å². The molecule has 0 fully saturated rings. The number of hydrogen-bond acceptors (Lipinski definition) is 3. The lowest BCUT2D eigenvalue weighted by Gasteiger charge is -2.19. The molecule has 22 heavy (non-hydrogen) atoms. The van der Waals surface area contributed by atoms with Crippen molar-refractivity contribution in [2.75, 3.05) is 33.4 Å². The number of benzene rings is 1. The molecule has 0 atom stereocenters. The van der Waals surface area contributed by atoms with Gasteiger partial charge in [0.05, 0.1) is 13.2 Å². The van der Waals surface area contributed by atoms with Gasteiger partial charge in [0.2, 0.25) is 5.91 Å². The molecule has 0 aliphatic carbocycles. The van der Waals surface area contributed by atoms with E-state index in [1.807, 2.05) is 0 Å². The van der Waals surface area contributed by atoms with Gasteiger partial charge in [-0.1, -0.05) is 45.0 Å². The molecule has 0 heterocycles. The third-order valence-electron chi connectivity index (χ3n) is 3.32. The van der Waals surface area contributed by atoms with E-state index in [0.717, 1.165) is 6.42 Å². The normalized spacial score (nSPS) is 10.9. The van der Waals surface area contributed by atoms with Gasteiger partial charge < -0.3 is 15.4 Å². The van der Waals surface area contributed by atoms with E-state index in [1.54, 1.807) is 7.11 Å². The molecule has 4 nitrogen and oxygen atoms in total. The van der Waals surface area contributed by atoms with Crippen LogP contribution in [0.3, 0.4) is 0 Å². The van der Waals surface area contributed by atoms with Gasteiger partial charge in [0.15, 0.2) is 0 Å². The first-order valence-corrected chi connectivity index (χ1v) is 7.49. The fourth-order valence-electron chi connectivity index (χ4n) is 1.96. The highest BCUT2D eigenvalue weighted by atomic mass is 35.5. The number of nitrogens with one attached hydrogen (secondary N) is 2. The summed E-state index contributed by atoms with van der Waals surface area (Å²) in [4.78, 5) is 11.6. The molecular formula is C17H29ClN2O2. The van der Waals surface area contributed by atoms with Gasteiger partial charge >= 0.3 is 0 Å². The summed E-state index contributed by atoms with van der Waals surface area (Å²) in [5.74, 6) is 0.0254. The van der Waals surface area contributed by atoms with Crippen LogP contribution >= 0.6 is 12.4 Å². The summed E-state index contributed by atoms with van der Waals surface area (Å²) in [6.07, 6.45) is 0.855. The molecule has 0 saturated carbocycles. The highest BCUT2D eigenvalue weighted by Gasteiger charge is 2.12. The number of hydrogen-bond donors (Lipinski definition) is 2. The van der Waals surface area contributed by atoms with Crippen LogP contribution in [0.5, 0.6) is 0 Å². The summed E-state index contributed by atoms with van der Waals surface area (Å²) >= 11 is 0. The maximum atomic E-state index is 11.6. The number of carbonyl (C=O) groups is 1. The highest BCUT2D eigenvalue weighted by Crippen LogP contribution is 2.22. The van der Waals surface area contributed by atoms with E-state index in [9.17, 15) is 4.79 Å². The molecule has 0 aliphatic rings. The molecule has 0 aliphatic heterocycles. The number of methoxy groups -OCH3 is 1. The Balaban J connectivity index is 0.00000441. The van der Waals surface area contributed by atoms with Crippen LogP contribution in [-0.4, -0.2) is 39.3 Å². The molecule has 1 amide bonds. The fourth-order valence-corrected chi connectivity index (χ4v) is 1.96. The fraction of sp³-hybridized carbons (Fsp3) is 0.588. The molecule has 1 aromatic carbocycles. The summed E-state index contributed by atoms with van der Waals surface area (Å²) in [6.45, 7) is 8.94. The topological polar surface area (TPSA) is 50.4 Å². The Labute approximate surface area is 140 Å². The summed E-state index contributed by atoms with van der Waals surface area (Å²) < 4.78 is 4.90. The average molecular weight is 329 g/mol. The lowest BCUT2D eigenvalue weighted by molar-refractivity contribution is -0.120. The maximum absolute atomic E-state index is 11.6. The molecule has 2 N–H and O–H groups in total. The standard InChI is InChI=1S/C17H28N2O2.ClH/c1-17(2,3)15-7-5-14(6-8-15)9-10-19-16(20)13-18-11-12-21-4;/h5-8,18H,9-13H2,1-4H3,(H,19,20);1H. The first kappa shape index (κ1) is 20.9. The van der Waals surface area contributed by atoms with Crippen LogP contribution in [0.1, 0.15) is 31.9 Å². The maximum Gasteiger partial charge on any atom is 0.233 e. The van der Waals surface area contributed by atoms with E-state index in [0.29, 0.717) is 26.2 Å². The lowest BCUT2D eigenvalue weighted by Crippen LogP contribution is -2.36. The number of rotatable bonds is 8. The Morgan fingerprint density at radius 2 is 1.77 bits per heavy atom. The van der Waals surface area contributed by atoms with E-state index < -0.39 is 0 Å². The van der Waals surface area contributed by atoms with Crippen LogP contribution in [-0.2, 0) is 21.4 Å². The molecule has 1 rings (SSSR count). The van der Waals surface area contributed by atoms with Gasteiger partial charge in [0.25, 0.3) is 0 Å². The minimum Gasteiger partial charge on any atom is -0.383 e. The Bertz CT molecular complexity index is 427. The predicted molar refractivity (Wildman–Crippen MR) is 93.8 cm³/mol. The molecule has 1 aromatic rings. The molecule has 5 heteroatoms. The number of amides is 1. The van der Waals surface area contributed by atoms with Crippen molar-refractivity contribution in [2.45, 2.75) is 32.6 Å².